The van der Waals surface area contributed by atoms with Crippen molar-refractivity contribution >= 4 is 5.91 Å². The van der Waals surface area contributed by atoms with Crippen LogP contribution in [0, 0.1) is 0 Å². The lowest BCUT2D eigenvalue weighted by Crippen LogP contribution is -2.66. The molecule has 3 aliphatic heterocycles. The number of ether oxygens (including phenoxy) is 6. The molecule has 3 heterocycles. The van der Waals surface area contributed by atoms with E-state index in [0.717, 1.165) is 44.9 Å². The van der Waals surface area contributed by atoms with Crippen LogP contribution < -0.4 is 5.32 Å². The molecular formula is C77H145NO18. The van der Waals surface area contributed by atoms with Crippen LogP contribution in [0.1, 0.15) is 328 Å². The molecule has 12 N–H and O–H groups in total. The van der Waals surface area contributed by atoms with Crippen LogP contribution in [0.3, 0.4) is 0 Å². The van der Waals surface area contributed by atoms with E-state index in [1.165, 1.54) is 257 Å². The van der Waals surface area contributed by atoms with Crippen LogP contribution in [0.5, 0.6) is 0 Å². The first-order valence-electron chi connectivity index (χ1n) is 39.6. The number of carbonyl (C=O) groups is 1. The number of hydrogen-bond acceptors (Lipinski definition) is 18. The van der Waals surface area contributed by atoms with E-state index in [9.17, 15) is 61.0 Å². The van der Waals surface area contributed by atoms with Crippen LogP contribution in [0.4, 0.5) is 0 Å². The molecule has 3 aliphatic rings. The minimum absolute atomic E-state index is 0.249. The Morgan fingerprint density at radius 3 is 1.01 bits per heavy atom. The second kappa shape index (κ2) is 58.7. The topological polar surface area (TPSA) is 307 Å². The molecule has 0 saturated carbocycles. The average molecular weight is 1370 g/mol. The van der Waals surface area contributed by atoms with Gasteiger partial charge in [0.1, 0.15) is 73.2 Å². The third-order valence-corrected chi connectivity index (χ3v) is 20.0. The number of amides is 1. The van der Waals surface area contributed by atoms with Gasteiger partial charge in [-0.25, -0.2) is 0 Å². The van der Waals surface area contributed by atoms with E-state index >= 15 is 0 Å². The fraction of sp³-hybridized carbons (Fsp3) is 0.935. The van der Waals surface area contributed by atoms with Gasteiger partial charge in [-0.15, -0.1) is 0 Å². The molecule has 0 aromatic heterocycles. The predicted molar refractivity (Wildman–Crippen MR) is 379 cm³/mol. The van der Waals surface area contributed by atoms with Crippen molar-refractivity contribution in [3.8, 4) is 0 Å². The van der Waals surface area contributed by atoms with Gasteiger partial charge in [-0.2, -0.15) is 0 Å². The summed E-state index contributed by atoms with van der Waals surface area (Å²) in [6.45, 7) is 1.76. The lowest BCUT2D eigenvalue weighted by Gasteiger charge is -2.48. The largest absolute Gasteiger partial charge is 0.394 e. The maximum Gasteiger partial charge on any atom is 0.220 e. The summed E-state index contributed by atoms with van der Waals surface area (Å²) in [5, 5.41) is 121. The van der Waals surface area contributed by atoms with E-state index in [0.29, 0.717) is 6.42 Å². The molecule has 0 aromatic carbocycles. The molecule has 19 heteroatoms. The highest BCUT2D eigenvalue weighted by Crippen LogP contribution is 2.33. The van der Waals surface area contributed by atoms with E-state index < -0.39 is 124 Å². The average Bonchev–Trinajstić information content (AvgIpc) is 0.787. The number of allylic oxidation sites excluding steroid dienone is 3. The molecule has 0 spiro atoms. The van der Waals surface area contributed by atoms with Crippen molar-refractivity contribution in [2.24, 2.45) is 0 Å². The highest BCUT2D eigenvalue weighted by Gasteiger charge is 2.53. The van der Waals surface area contributed by atoms with Crippen LogP contribution in [0.2, 0.25) is 0 Å². The summed E-state index contributed by atoms with van der Waals surface area (Å²) in [6.07, 6.45) is 43.4. The van der Waals surface area contributed by atoms with Gasteiger partial charge in [-0.1, -0.05) is 301 Å². The SMILES string of the molecule is CCCCCCCCCC/C=C\CCCCCCCCCCCCCCCCCCCCCCCCCCCC(=O)NC(COC1OC(CO)C(OC2OC(CO)C(OC3OC(CO)C(O)C(O)C3O)C(O)C2O)C(O)C1O)C(O)/C=C/CCCCCCCCCCCCCC. The number of aliphatic hydroxyl groups excluding tert-OH is 11. The van der Waals surface area contributed by atoms with Gasteiger partial charge in [0.25, 0.3) is 0 Å². The zero-order chi connectivity index (χ0) is 69.6. The lowest BCUT2D eigenvalue weighted by atomic mass is 9.96. The van der Waals surface area contributed by atoms with Crippen molar-refractivity contribution in [3.05, 3.63) is 24.3 Å². The first-order valence-corrected chi connectivity index (χ1v) is 39.6. The number of aliphatic hydroxyl groups is 11. The number of carbonyl (C=O) groups excluding carboxylic acids is 1. The summed E-state index contributed by atoms with van der Waals surface area (Å²) in [5.74, 6) is -0.269. The number of unbranched alkanes of at least 4 members (excludes halogenated alkanes) is 45. The molecule has 3 saturated heterocycles. The van der Waals surface area contributed by atoms with Crippen LogP contribution >= 0.6 is 0 Å². The Morgan fingerprint density at radius 2 is 0.656 bits per heavy atom. The molecule has 96 heavy (non-hydrogen) atoms. The first kappa shape index (κ1) is 88.5. The van der Waals surface area contributed by atoms with Gasteiger partial charge in [0.2, 0.25) is 5.91 Å². The fourth-order valence-electron chi connectivity index (χ4n) is 13.6. The van der Waals surface area contributed by atoms with Gasteiger partial charge in [0, 0.05) is 6.42 Å². The van der Waals surface area contributed by atoms with Gasteiger partial charge in [-0.05, 0) is 44.9 Å². The normalized spacial score (nSPS) is 27.1. The highest BCUT2D eigenvalue weighted by atomic mass is 16.8. The molecular weight excluding hydrogens is 1230 g/mol. The maximum atomic E-state index is 13.4. The minimum atomic E-state index is -1.98. The number of rotatable bonds is 63. The van der Waals surface area contributed by atoms with Crippen LogP contribution in [0.25, 0.3) is 0 Å². The maximum absolute atomic E-state index is 13.4. The molecule has 17 unspecified atom stereocenters. The molecule has 566 valence electrons. The zero-order valence-electron chi connectivity index (χ0n) is 60.4. The second-order valence-electron chi connectivity index (χ2n) is 28.5. The number of nitrogens with one attached hydrogen (secondary N) is 1. The Balaban J connectivity index is 1.30. The minimum Gasteiger partial charge on any atom is -0.394 e. The van der Waals surface area contributed by atoms with Crippen molar-refractivity contribution in [2.45, 2.75) is 433 Å². The smallest absolute Gasteiger partial charge is 0.220 e. The van der Waals surface area contributed by atoms with E-state index in [1.807, 2.05) is 6.08 Å². The molecule has 19 nitrogen and oxygen atoms in total. The Labute approximate surface area is 581 Å². The summed E-state index contributed by atoms with van der Waals surface area (Å²) in [4.78, 5) is 13.4. The molecule has 3 rings (SSSR count). The van der Waals surface area contributed by atoms with Crippen LogP contribution in [-0.4, -0.2) is 193 Å². The molecule has 3 fully saturated rings. The predicted octanol–water partition coefficient (Wildman–Crippen LogP) is 12.6. The van der Waals surface area contributed by atoms with Crippen molar-refractivity contribution < 1.29 is 89.4 Å². The number of hydrogen-bond donors (Lipinski definition) is 12. The summed E-state index contributed by atoms with van der Waals surface area (Å²) in [5.41, 5.74) is 0. The third-order valence-electron chi connectivity index (χ3n) is 20.0. The van der Waals surface area contributed by atoms with E-state index in [-0.39, 0.29) is 18.9 Å². The monoisotopic (exact) mass is 1370 g/mol. The Kier molecular flexibility index (Phi) is 54.1. The van der Waals surface area contributed by atoms with Gasteiger partial charge in [0.05, 0.1) is 38.6 Å². The first-order chi connectivity index (χ1) is 46.8. The summed E-state index contributed by atoms with van der Waals surface area (Å²) in [6, 6.07) is -0.970. The second-order valence-corrected chi connectivity index (χ2v) is 28.5. The van der Waals surface area contributed by atoms with E-state index in [4.69, 9.17) is 28.4 Å². The van der Waals surface area contributed by atoms with Crippen molar-refractivity contribution in [3.63, 3.8) is 0 Å². The zero-order valence-corrected chi connectivity index (χ0v) is 60.4. The summed E-state index contributed by atoms with van der Waals surface area (Å²) >= 11 is 0. The third kappa shape index (κ3) is 39.1. The highest BCUT2D eigenvalue weighted by molar-refractivity contribution is 5.76. The molecule has 0 aliphatic carbocycles. The van der Waals surface area contributed by atoms with Gasteiger partial charge < -0.3 is 89.9 Å². The molecule has 1 amide bonds. The van der Waals surface area contributed by atoms with Crippen molar-refractivity contribution in [2.75, 3.05) is 26.4 Å². The molecule has 0 bridgehead atoms. The fourth-order valence-corrected chi connectivity index (χ4v) is 13.6. The summed E-state index contributed by atoms with van der Waals surface area (Å²) < 4.78 is 34.4. The van der Waals surface area contributed by atoms with Crippen molar-refractivity contribution in [1.29, 1.82) is 0 Å². The van der Waals surface area contributed by atoms with Crippen LogP contribution in [-0.2, 0) is 33.2 Å². The molecule has 17 atom stereocenters. The lowest BCUT2D eigenvalue weighted by molar-refractivity contribution is -0.379. The quantitative estimate of drug-likeness (QED) is 0.0199. The standard InChI is InChI=1S/C77H145NO18/c1-3-5-7-9-11-13-15-17-19-20-21-22-23-24-25-26-27-28-29-30-31-32-33-34-35-36-37-38-39-40-41-43-45-47-49-51-53-55-65(83)78-60(61(82)54-52-50-48-46-44-42-18-16-14-12-10-8-6-4-2)59-91-75-71(89)68(86)73(63(57-80)93-75)96-77-72(90)69(87)74(64(58-81)94-77)95-76-70(88)67(85)66(84)62(56-79)92-76/h20-21,52,54,60-64,66-77,79-82,84-90H,3-19,22-51,53,55-59H2,1-2H3,(H,78,83)/b21-20-,54-52+. The van der Waals surface area contributed by atoms with Gasteiger partial charge in [0.15, 0.2) is 18.9 Å². The van der Waals surface area contributed by atoms with E-state index in [2.05, 4.69) is 31.3 Å². The Morgan fingerprint density at radius 1 is 0.365 bits per heavy atom. The van der Waals surface area contributed by atoms with Crippen molar-refractivity contribution in [1.82, 2.24) is 5.32 Å². The van der Waals surface area contributed by atoms with Crippen LogP contribution in [0.15, 0.2) is 24.3 Å². The Hall–Kier alpha value is -1.73. The molecule has 0 radical (unpaired) electrons. The Bertz CT molecular complexity index is 1830. The molecule has 0 aromatic rings. The summed E-state index contributed by atoms with van der Waals surface area (Å²) in [7, 11) is 0. The van der Waals surface area contributed by atoms with Gasteiger partial charge in [-0.3, -0.25) is 4.79 Å². The van der Waals surface area contributed by atoms with E-state index in [1.54, 1.807) is 6.08 Å². The van der Waals surface area contributed by atoms with Gasteiger partial charge >= 0.3 is 0 Å².